The molecule has 2 aromatic carbocycles. The second kappa shape index (κ2) is 11.1. The van der Waals surface area contributed by atoms with E-state index in [2.05, 4.69) is 66.2 Å². The largest absolute Gasteiger partial charge is 0.352 e. The van der Waals surface area contributed by atoms with E-state index in [0.29, 0.717) is 12.6 Å². The van der Waals surface area contributed by atoms with Crippen LogP contribution in [0.3, 0.4) is 0 Å². The number of nitrogens with zero attached hydrogens (tertiary/aromatic N) is 3. The number of carbonyl (C=O) groups is 1. The summed E-state index contributed by atoms with van der Waals surface area (Å²) >= 11 is 1.70. The highest BCUT2D eigenvalue weighted by Gasteiger charge is 2.19. The third kappa shape index (κ3) is 6.33. The van der Waals surface area contributed by atoms with Crippen molar-refractivity contribution in [1.29, 1.82) is 0 Å². The highest BCUT2D eigenvalue weighted by Crippen LogP contribution is 2.32. The molecule has 1 aliphatic heterocycles. The molecule has 0 aliphatic carbocycles. The molecule has 4 rings (SSSR count). The number of hydrogen-bond acceptors (Lipinski definition) is 5. The minimum atomic E-state index is -0.00203. The van der Waals surface area contributed by atoms with Crippen molar-refractivity contribution in [3.8, 4) is 0 Å². The van der Waals surface area contributed by atoms with Crippen LogP contribution in [0.5, 0.6) is 0 Å². The van der Waals surface area contributed by atoms with Gasteiger partial charge in [-0.2, -0.15) is 0 Å². The molecule has 0 bridgehead atoms. The first-order valence-electron chi connectivity index (χ1n) is 12.2. The van der Waals surface area contributed by atoms with Gasteiger partial charge in [0.1, 0.15) is 0 Å². The number of rotatable bonds is 9. The fourth-order valence-corrected chi connectivity index (χ4v) is 5.37. The highest BCUT2D eigenvalue weighted by molar-refractivity contribution is 7.22. The molecule has 0 atom stereocenters. The van der Waals surface area contributed by atoms with Gasteiger partial charge in [0.15, 0.2) is 5.13 Å². The average molecular weight is 465 g/mol. The van der Waals surface area contributed by atoms with E-state index in [0.717, 1.165) is 59.4 Å². The normalized spacial score (nSPS) is 15.0. The number of hydrogen-bond donors (Lipinski definition) is 1. The zero-order chi connectivity index (χ0) is 23.2. The van der Waals surface area contributed by atoms with E-state index in [1.54, 1.807) is 11.3 Å². The summed E-state index contributed by atoms with van der Waals surface area (Å²) in [5.41, 5.74) is 3.03. The molecular weight excluding hydrogens is 428 g/mol. The smallest absolute Gasteiger partial charge is 0.251 e. The summed E-state index contributed by atoms with van der Waals surface area (Å²) in [6.45, 7) is 11.5. The Morgan fingerprint density at radius 3 is 2.67 bits per heavy atom. The lowest BCUT2D eigenvalue weighted by Gasteiger charge is -2.29. The first-order valence-corrected chi connectivity index (χ1v) is 13.0. The van der Waals surface area contributed by atoms with Crippen molar-refractivity contribution in [2.24, 2.45) is 5.92 Å². The minimum absolute atomic E-state index is 0.00203. The van der Waals surface area contributed by atoms with Crippen LogP contribution in [0.15, 0.2) is 48.5 Å². The van der Waals surface area contributed by atoms with Crippen molar-refractivity contribution in [3.05, 3.63) is 59.7 Å². The van der Waals surface area contributed by atoms with Crippen molar-refractivity contribution in [3.63, 3.8) is 0 Å². The molecule has 1 amide bonds. The van der Waals surface area contributed by atoms with Gasteiger partial charge >= 0.3 is 0 Å². The maximum Gasteiger partial charge on any atom is 0.251 e. The maximum atomic E-state index is 12.8. The van der Waals surface area contributed by atoms with Gasteiger partial charge in [-0.25, -0.2) is 4.98 Å². The fraction of sp³-hybridized carbons (Fsp3) is 0.481. The number of carbonyl (C=O) groups excluding carboxylic acids is 1. The van der Waals surface area contributed by atoms with Crippen LogP contribution in [0.1, 0.15) is 56.0 Å². The van der Waals surface area contributed by atoms with Gasteiger partial charge in [0.25, 0.3) is 5.91 Å². The molecule has 0 saturated carbocycles. The van der Waals surface area contributed by atoms with Crippen molar-refractivity contribution in [1.82, 2.24) is 15.2 Å². The first-order chi connectivity index (χ1) is 16.0. The zero-order valence-electron chi connectivity index (χ0n) is 20.1. The van der Waals surface area contributed by atoms with Crippen LogP contribution in [-0.4, -0.2) is 48.0 Å². The Labute approximate surface area is 201 Å². The second-order valence-corrected chi connectivity index (χ2v) is 10.5. The van der Waals surface area contributed by atoms with E-state index in [4.69, 9.17) is 4.98 Å². The van der Waals surface area contributed by atoms with E-state index in [1.165, 1.54) is 18.4 Å². The van der Waals surface area contributed by atoms with Crippen LogP contribution >= 0.6 is 11.3 Å². The molecule has 5 nitrogen and oxygen atoms in total. The Bertz CT molecular complexity index is 1040. The monoisotopic (exact) mass is 464 g/mol. The van der Waals surface area contributed by atoms with E-state index in [9.17, 15) is 4.79 Å². The second-order valence-electron chi connectivity index (χ2n) is 9.51. The van der Waals surface area contributed by atoms with Gasteiger partial charge < -0.3 is 10.2 Å². The Morgan fingerprint density at radius 1 is 1.18 bits per heavy atom. The molecule has 0 radical (unpaired) electrons. The van der Waals surface area contributed by atoms with E-state index in [-0.39, 0.29) is 5.91 Å². The minimum Gasteiger partial charge on any atom is -0.352 e. The lowest BCUT2D eigenvalue weighted by molar-refractivity contribution is 0.0950. The van der Waals surface area contributed by atoms with Crippen LogP contribution in [0, 0.1) is 5.92 Å². The molecule has 176 valence electrons. The van der Waals surface area contributed by atoms with Gasteiger partial charge in [0, 0.05) is 44.3 Å². The third-order valence-corrected chi connectivity index (χ3v) is 7.64. The van der Waals surface area contributed by atoms with Crippen LogP contribution in [0.4, 0.5) is 5.13 Å². The van der Waals surface area contributed by atoms with Gasteiger partial charge in [-0.1, -0.05) is 48.6 Å². The Balaban J connectivity index is 1.29. The summed E-state index contributed by atoms with van der Waals surface area (Å²) in [6, 6.07) is 16.9. The third-order valence-electron chi connectivity index (χ3n) is 6.56. The lowest BCUT2D eigenvalue weighted by Crippen LogP contribution is -2.34. The molecule has 0 unspecified atom stereocenters. The number of thiazole rings is 1. The molecule has 1 aliphatic rings. The van der Waals surface area contributed by atoms with Crippen molar-refractivity contribution < 1.29 is 4.79 Å². The molecule has 6 heteroatoms. The van der Waals surface area contributed by atoms with Gasteiger partial charge in [0.05, 0.1) is 10.2 Å². The van der Waals surface area contributed by atoms with Gasteiger partial charge in [-0.3, -0.25) is 9.69 Å². The highest BCUT2D eigenvalue weighted by atomic mass is 32.1. The molecule has 1 aromatic heterocycles. The molecule has 0 spiro atoms. The summed E-state index contributed by atoms with van der Waals surface area (Å²) in [7, 11) is 0. The van der Waals surface area contributed by atoms with E-state index >= 15 is 0 Å². The average Bonchev–Trinajstić information content (AvgIpc) is 3.25. The van der Waals surface area contributed by atoms with Crippen molar-refractivity contribution in [2.45, 2.75) is 52.6 Å². The molecule has 33 heavy (non-hydrogen) atoms. The molecule has 1 fully saturated rings. The number of amides is 1. The molecular formula is C27H36N4OS. The topological polar surface area (TPSA) is 48.5 Å². The number of fused-ring (bicyclic) bond motifs is 1. The molecule has 3 aromatic rings. The Kier molecular flexibility index (Phi) is 7.99. The van der Waals surface area contributed by atoms with Gasteiger partial charge in [0.2, 0.25) is 0 Å². The van der Waals surface area contributed by atoms with Crippen LogP contribution < -0.4 is 10.2 Å². The number of piperidine rings is 1. The number of benzene rings is 2. The van der Waals surface area contributed by atoms with Crippen molar-refractivity contribution >= 4 is 32.6 Å². The summed E-state index contributed by atoms with van der Waals surface area (Å²) in [5, 5.41) is 4.19. The summed E-state index contributed by atoms with van der Waals surface area (Å²) < 4.78 is 1.09. The number of aromatic nitrogens is 1. The fourth-order valence-electron chi connectivity index (χ4n) is 4.31. The summed E-state index contributed by atoms with van der Waals surface area (Å²) in [4.78, 5) is 22.4. The quantitative estimate of drug-likeness (QED) is 0.421. The predicted molar refractivity (Wildman–Crippen MR) is 139 cm³/mol. The standard InChI is InChI=1S/C27H36N4OS/c1-20(2)31(19-22-8-5-4-6-9-22)15-7-14-28-26(32)23-10-11-24-25(18-23)33-27(29-24)30-16-12-21(3)13-17-30/h4-6,8-11,18,20-21H,7,12-17,19H2,1-3H3,(H,28,32). The summed E-state index contributed by atoms with van der Waals surface area (Å²) in [5.74, 6) is 0.801. The zero-order valence-corrected chi connectivity index (χ0v) is 20.9. The van der Waals surface area contributed by atoms with Gasteiger partial charge in [-0.15, -0.1) is 0 Å². The molecule has 1 saturated heterocycles. The van der Waals surface area contributed by atoms with Gasteiger partial charge in [-0.05, 0) is 62.8 Å². The van der Waals surface area contributed by atoms with Crippen LogP contribution in [-0.2, 0) is 6.54 Å². The van der Waals surface area contributed by atoms with Crippen molar-refractivity contribution in [2.75, 3.05) is 31.1 Å². The van der Waals surface area contributed by atoms with Crippen LogP contribution in [0.25, 0.3) is 10.2 Å². The lowest BCUT2D eigenvalue weighted by atomic mass is 10.00. The predicted octanol–water partition coefficient (Wildman–Crippen LogP) is 5.56. The summed E-state index contributed by atoms with van der Waals surface area (Å²) in [6.07, 6.45) is 3.38. The maximum absolute atomic E-state index is 12.8. The first kappa shape index (κ1) is 23.7. The Morgan fingerprint density at radius 2 is 1.94 bits per heavy atom. The SMILES string of the molecule is CC1CCN(c2nc3ccc(C(=O)NCCCN(Cc4ccccc4)C(C)C)cc3s2)CC1. The number of nitrogens with one attached hydrogen (secondary N) is 1. The molecule has 2 heterocycles. The molecule has 1 N–H and O–H groups in total. The number of anilines is 1. The van der Waals surface area contributed by atoms with E-state index in [1.807, 2.05) is 18.2 Å². The van der Waals surface area contributed by atoms with Crippen LogP contribution in [0.2, 0.25) is 0 Å². The Hall–Kier alpha value is -2.44. The van der Waals surface area contributed by atoms with E-state index < -0.39 is 0 Å².